The number of nitrogens with one attached hydrogen (secondary N) is 2. The number of thiophene rings is 1. The number of aromatic nitrogens is 1. The first kappa shape index (κ1) is 16.5. The van der Waals surface area contributed by atoms with Gasteiger partial charge in [0.1, 0.15) is 0 Å². The molecule has 0 fully saturated rings. The summed E-state index contributed by atoms with van der Waals surface area (Å²) in [5, 5.41) is 5.88. The van der Waals surface area contributed by atoms with Crippen molar-refractivity contribution in [2.75, 3.05) is 6.54 Å². The predicted octanol–water partition coefficient (Wildman–Crippen LogP) is 3.11. The van der Waals surface area contributed by atoms with Gasteiger partial charge in [0.15, 0.2) is 0 Å². The van der Waals surface area contributed by atoms with Crippen LogP contribution in [0.1, 0.15) is 21.6 Å². The Hall–Kier alpha value is -2.40. The molecule has 5 heteroatoms. The smallest absolute Gasteiger partial charge is 0.251 e. The molecule has 0 unspecified atom stereocenters. The average Bonchev–Trinajstić information content (AvgIpc) is 3.01. The third kappa shape index (κ3) is 3.74. The molecule has 0 spiro atoms. The van der Waals surface area contributed by atoms with Crippen molar-refractivity contribution in [3.8, 4) is 0 Å². The molecule has 1 amide bonds. The highest BCUT2D eigenvalue weighted by molar-refractivity contribution is 7.10. The van der Waals surface area contributed by atoms with Gasteiger partial charge in [-0.15, -0.1) is 11.3 Å². The first-order valence-corrected chi connectivity index (χ1v) is 8.83. The second kappa shape index (κ2) is 7.01. The summed E-state index contributed by atoms with van der Waals surface area (Å²) in [6.45, 7) is 4.50. The van der Waals surface area contributed by atoms with Gasteiger partial charge in [0.2, 0.25) is 5.91 Å². The summed E-state index contributed by atoms with van der Waals surface area (Å²) in [5.41, 5.74) is 3.74. The van der Waals surface area contributed by atoms with Crippen molar-refractivity contribution in [1.82, 2.24) is 10.3 Å². The van der Waals surface area contributed by atoms with Crippen molar-refractivity contribution in [2.24, 2.45) is 0 Å². The normalized spacial score (nSPS) is 10.9. The quantitative estimate of drug-likeness (QED) is 0.750. The van der Waals surface area contributed by atoms with Gasteiger partial charge in [0, 0.05) is 17.0 Å². The molecule has 0 aliphatic heterocycles. The number of amides is 1. The van der Waals surface area contributed by atoms with E-state index in [-0.39, 0.29) is 11.5 Å². The number of rotatable bonds is 5. The number of aromatic amines is 1. The van der Waals surface area contributed by atoms with Crippen LogP contribution in [-0.2, 0) is 17.6 Å². The number of aryl methyl sites for hydroxylation is 2. The number of hydrogen-bond donors (Lipinski definition) is 2. The molecule has 1 aromatic carbocycles. The van der Waals surface area contributed by atoms with E-state index in [1.165, 1.54) is 5.56 Å². The van der Waals surface area contributed by atoms with E-state index in [0.29, 0.717) is 24.9 Å². The van der Waals surface area contributed by atoms with E-state index in [1.807, 2.05) is 37.4 Å². The molecule has 0 saturated carbocycles. The minimum absolute atomic E-state index is 0.0126. The molecule has 2 heterocycles. The third-order valence-corrected chi connectivity index (χ3v) is 4.88. The van der Waals surface area contributed by atoms with Crippen molar-refractivity contribution < 1.29 is 4.79 Å². The van der Waals surface area contributed by atoms with Gasteiger partial charge < -0.3 is 10.3 Å². The molecule has 124 valence electrons. The molecule has 3 aromatic rings. The van der Waals surface area contributed by atoms with Gasteiger partial charge in [0.05, 0.1) is 11.9 Å². The number of hydrogen-bond acceptors (Lipinski definition) is 3. The Labute approximate surface area is 144 Å². The number of H-pyrrole nitrogens is 1. The summed E-state index contributed by atoms with van der Waals surface area (Å²) >= 11 is 1.57. The Morgan fingerprint density at radius 3 is 2.83 bits per heavy atom. The fraction of sp³-hybridized carbons (Fsp3) is 0.263. The Kier molecular flexibility index (Phi) is 4.81. The Bertz CT molecular complexity index is 926. The molecule has 0 aliphatic carbocycles. The summed E-state index contributed by atoms with van der Waals surface area (Å²) in [6.07, 6.45) is 0.915. The topological polar surface area (TPSA) is 62.0 Å². The van der Waals surface area contributed by atoms with Crippen LogP contribution in [0.15, 0.2) is 40.5 Å². The number of benzene rings is 1. The lowest BCUT2D eigenvalue weighted by atomic mass is 10.0. The van der Waals surface area contributed by atoms with E-state index in [1.54, 1.807) is 11.3 Å². The molecule has 0 aliphatic rings. The Balaban J connectivity index is 1.68. The van der Waals surface area contributed by atoms with E-state index >= 15 is 0 Å². The summed E-state index contributed by atoms with van der Waals surface area (Å²) in [5.74, 6) is -0.0126. The van der Waals surface area contributed by atoms with E-state index < -0.39 is 0 Å². The molecule has 0 bridgehead atoms. The molecule has 0 atom stereocenters. The molecular weight excluding hydrogens is 320 g/mol. The van der Waals surface area contributed by atoms with E-state index in [9.17, 15) is 9.59 Å². The molecule has 24 heavy (non-hydrogen) atoms. The van der Waals surface area contributed by atoms with Gasteiger partial charge in [-0.1, -0.05) is 17.7 Å². The highest BCUT2D eigenvalue weighted by atomic mass is 32.1. The van der Waals surface area contributed by atoms with Crippen LogP contribution in [-0.4, -0.2) is 17.4 Å². The average molecular weight is 340 g/mol. The van der Waals surface area contributed by atoms with Crippen LogP contribution in [0.4, 0.5) is 0 Å². The zero-order valence-electron chi connectivity index (χ0n) is 13.8. The van der Waals surface area contributed by atoms with Crippen molar-refractivity contribution in [3.05, 3.63) is 67.6 Å². The minimum Gasteiger partial charge on any atom is -0.355 e. The molecule has 3 rings (SSSR count). The number of carbonyl (C=O) groups excluding carboxylic acids is 1. The van der Waals surface area contributed by atoms with Crippen LogP contribution >= 0.6 is 11.3 Å². The van der Waals surface area contributed by atoms with Gasteiger partial charge in [-0.25, -0.2) is 0 Å². The van der Waals surface area contributed by atoms with Crippen LogP contribution in [0.2, 0.25) is 0 Å². The summed E-state index contributed by atoms with van der Waals surface area (Å²) in [7, 11) is 0. The third-order valence-electron chi connectivity index (χ3n) is 4.00. The largest absolute Gasteiger partial charge is 0.355 e. The van der Waals surface area contributed by atoms with Crippen LogP contribution in [0.5, 0.6) is 0 Å². The first-order valence-electron chi connectivity index (χ1n) is 7.95. The lowest BCUT2D eigenvalue weighted by Gasteiger charge is -2.08. The van der Waals surface area contributed by atoms with Crippen LogP contribution in [0.25, 0.3) is 10.9 Å². The summed E-state index contributed by atoms with van der Waals surface area (Å²) in [4.78, 5) is 28.1. The zero-order chi connectivity index (χ0) is 17.1. The monoisotopic (exact) mass is 340 g/mol. The van der Waals surface area contributed by atoms with Crippen molar-refractivity contribution in [1.29, 1.82) is 0 Å². The van der Waals surface area contributed by atoms with Crippen LogP contribution in [0, 0.1) is 13.8 Å². The predicted molar refractivity (Wildman–Crippen MR) is 98.8 cm³/mol. The maximum absolute atomic E-state index is 12.2. The summed E-state index contributed by atoms with van der Waals surface area (Å²) in [6, 6.07) is 9.94. The maximum Gasteiger partial charge on any atom is 0.251 e. The summed E-state index contributed by atoms with van der Waals surface area (Å²) < 4.78 is 0. The maximum atomic E-state index is 12.2. The fourth-order valence-electron chi connectivity index (χ4n) is 2.89. The molecule has 0 radical (unpaired) electrons. The van der Waals surface area contributed by atoms with Crippen molar-refractivity contribution >= 4 is 28.1 Å². The van der Waals surface area contributed by atoms with E-state index in [4.69, 9.17) is 0 Å². The molecular formula is C19H20N2O2S. The lowest BCUT2D eigenvalue weighted by Crippen LogP contribution is -2.28. The van der Waals surface area contributed by atoms with Gasteiger partial charge in [-0.2, -0.15) is 0 Å². The second-order valence-electron chi connectivity index (χ2n) is 6.03. The Morgan fingerprint density at radius 1 is 1.25 bits per heavy atom. The van der Waals surface area contributed by atoms with Gasteiger partial charge in [0.25, 0.3) is 5.56 Å². The zero-order valence-corrected chi connectivity index (χ0v) is 14.6. The fourth-order valence-corrected chi connectivity index (χ4v) is 3.59. The first-order chi connectivity index (χ1) is 11.5. The minimum atomic E-state index is -0.0815. The number of fused-ring (bicyclic) bond motifs is 1. The molecule has 4 nitrogen and oxygen atoms in total. The van der Waals surface area contributed by atoms with Crippen LogP contribution < -0.4 is 10.9 Å². The van der Waals surface area contributed by atoms with Gasteiger partial charge in [-0.3, -0.25) is 9.59 Å². The van der Waals surface area contributed by atoms with Crippen LogP contribution in [0.3, 0.4) is 0 Å². The standard InChI is InChI=1S/C19H20N2O2S/c1-12-8-13(2)18-15(9-12)10-14(19(23)21-18)5-6-20-17(22)11-16-4-3-7-24-16/h3-4,7-10H,5-6,11H2,1-2H3,(H,20,22)(H,21,23). The van der Waals surface area contributed by atoms with E-state index in [2.05, 4.69) is 22.4 Å². The number of pyridine rings is 1. The highest BCUT2D eigenvalue weighted by Gasteiger charge is 2.07. The Morgan fingerprint density at radius 2 is 2.08 bits per heavy atom. The second-order valence-corrected chi connectivity index (χ2v) is 7.06. The van der Waals surface area contributed by atoms with Crippen molar-refractivity contribution in [3.63, 3.8) is 0 Å². The van der Waals surface area contributed by atoms with Gasteiger partial charge in [-0.05, 0) is 54.8 Å². The highest BCUT2D eigenvalue weighted by Crippen LogP contribution is 2.18. The SMILES string of the molecule is Cc1cc(C)c2[nH]c(=O)c(CCNC(=O)Cc3cccs3)cc2c1. The van der Waals surface area contributed by atoms with Crippen molar-refractivity contribution in [2.45, 2.75) is 26.7 Å². The number of carbonyl (C=O) groups is 1. The van der Waals surface area contributed by atoms with Gasteiger partial charge >= 0.3 is 0 Å². The van der Waals surface area contributed by atoms with E-state index in [0.717, 1.165) is 21.3 Å². The lowest BCUT2D eigenvalue weighted by molar-refractivity contribution is -0.120. The molecule has 2 aromatic heterocycles. The molecule has 2 N–H and O–H groups in total. The molecule has 0 saturated heterocycles.